The maximum atomic E-state index is 11.9. The number of amides is 1. The van der Waals surface area contributed by atoms with Crippen molar-refractivity contribution in [2.75, 3.05) is 12.3 Å². The molecule has 1 amide bonds. The summed E-state index contributed by atoms with van der Waals surface area (Å²) in [6.07, 6.45) is 0. The van der Waals surface area contributed by atoms with E-state index in [9.17, 15) is 18.0 Å². The zero-order valence-electron chi connectivity index (χ0n) is 12.0. The van der Waals surface area contributed by atoms with E-state index in [1.165, 1.54) is 24.3 Å². The number of carbonyl (C=O) groups excluding carboxylic acids is 1. The van der Waals surface area contributed by atoms with Gasteiger partial charge in [0.15, 0.2) is 9.84 Å². The first kappa shape index (κ1) is 17.2. The molecule has 0 aliphatic rings. The molecule has 0 spiro atoms. The van der Waals surface area contributed by atoms with Crippen molar-refractivity contribution in [2.24, 2.45) is 5.92 Å². The highest BCUT2D eigenvalue weighted by atomic mass is 32.2. The summed E-state index contributed by atoms with van der Waals surface area (Å²) in [4.78, 5) is 22.4. The van der Waals surface area contributed by atoms with Gasteiger partial charge in [-0.05, 0) is 23.6 Å². The number of rotatable bonds is 7. The standard InChI is InChI=1S/C14H19NO5S/c1-10(2)7-15-13(16)9-21(19,20)8-11-4-3-5-12(6-11)14(17)18/h3-6,10H,7-9H2,1-2H3,(H,15,16)(H,17,18). The van der Waals surface area contributed by atoms with Gasteiger partial charge in [-0.15, -0.1) is 0 Å². The fraction of sp³-hybridized carbons (Fsp3) is 0.429. The number of benzene rings is 1. The van der Waals surface area contributed by atoms with Gasteiger partial charge in [-0.3, -0.25) is 4.79 Å². The summed E-state index contributed by atoms with van der Waals surface area (Å²) in [6.45, 7) is 4.24. The third-order valence-electron chi connectivity index (χ3n) is 2.62. The van der Waals surface area contributed by atoms with Crippen LogP contribution in [0.1, 0.15) is 29.8 Å². The van der Waals surface area contributed by atoms with Crippen molar-refractivity contribution in [3.05, 3.63) is 35.4 Å². The van der Waals surface area contributed by atoms with Gasteiger partial charge in [0.05, 0.1) is 11.3 Å². The molecule has 2 N–H and O–H groups in total. The Morgan fingerprint density at radius 2 is 1.95 bits per heavy atom. The molecule has 1 rings (SSSR count). The summed E-state index contributed by atoms with van der Waals surface area (Å²) in [5.74, 6) is -2.38. The minimum atomic E-state index is -3.63. The second kappa shape index (κ2) is 7.21. The molecular weight excluding hydrogens is 294 g/mol. The average Bonchev–Trinajstić information content (AvgIpc) is 2.35. The number of aromatic carboxylic acids is 1. The lowest BCUT2D eigenvalue weighted by Crippen LogP contribution is -2.33. The molecule has 0 atom stereocenters. The lowest BCUT2D eigenvalue weighted by Gasteiger charge is -2.08. The minimum absolute atomic E-state index is 0.0203. The van der Waals surface area contributed by atoms with Gasteiger partial charge >= 0.3 is 5.97 Å². The number of nitrogens with one attached hydrogen (secondary N) is 1. The fourth-order valence-corrected chi connectivity index (χ4v) is 2.96. The third kappa shape index (κ3) is 6.40. The molecule has 0 aliphatic carbocycles. The van der Waals surface area contributed by atoms with E-state index in [0.29, 0.717) is 12.1 Å². The van der Waals surface area contributed by atoms with Crippen molar-refractivity contribution in [1.82, 2.24) is 5.32 Å². The Morgan fingerprint density at radius 1 is 1.29 bits per heavy atom. The molecule has 0 heterocycles. The highest BCUT2D eigenvalue weighted by Crippen LogP contribution is 2.10. The Balaban J connectivity index is 2.70. The van der Waals surface area contributed by atoms with Crippen LogP contribution in [0.4, 0.5) is 0 Å². The van der Waals surface area contributed by atoms with E-state index < -0.39 is 27.5 Å². The van der Waals surface area contributed by atoms with Crippen molar-refractivity contribution >= 4 is 21.7 Å². The number of carboxylic acids is 1. The molecule has 116 valence electrons. The predicted molar refractivity (Wildman–Crippen MR) is 78.7 cm³/mol. The molecule has 0 aliphatic heterocycles. The SMILES string of the molecule is CC(C)CNC(=O)CS(=O)(=O)Cc1cccc(C(=O)O)c1. The molecule has 6 nitrogen and oxygen atoms in total. The second-order valence-electron chi connectivity index (χ2n) is 5.24. The number of hydrogen-bond acceptors (Lipinski definition) is 4. The molecule has 0 bridgehead atoms. The third-order valence-corrected chi connectivity index (χ3v) is 4.09. The van der Waals surface area contributed by atoms with Crippen molar-refractivity contribution in [3.8, 4) is 0 Å². The van der Waals surface area contributed by atoms with Gasteiger partial charge in [0.2, 0.25) is 5.91 Å². The topological polar surface area (TPSA) is 101 Å². The Labute approximate surface area is 124 Å². The summed E-state index contributed by atoms with van der Waals surface area (Å²) in [5, 5.41) is 11.4. The first-order valence-electron chi connectivity index (χ1n) is 6.49. The van der Waals surface area contributed by atoms with Gasteiger partial charge in [0, 0.05) is 6.54 Å². The molecule has 0 saturated carbocycles. The molecule has 0 fully saturated rings. The molecule has 0 aromatic heterocycles. The summed E-state index contributed by atoms with van der Waals surface area (Å²) >= 11 is 0. The molecule has 1 aromatic carbocycles. The van der Waals surface area contributed by atoms with Crippen LogP contribution in [-0.2, 0) is 20.4 Å². The summed E-state index contributed by atoms with van der Waals surface area (Å²) in [6, 6.07) is 5.68. The Hall–Kier alpha value is -1.89. The largest absolute Gasteiger partial charge is 0.478 e. The number of sulfone groups is 1. The van der Waals surface area contributed by atoms with Crippen LogP contribution in [-0.4, -0.2) is 37.7 Å². The Morgan fingerprint density at radius 3 is 2.52 bits per heavy atom. The Bertz CT molecular complexity index is 622. The Kier molecular flexibility index (Phi) is 5.90. The van der Waals surface area contributed by atoms with E-state index in [2.05, 4.69) is 5.32 Å². The van der Waals surface area contributed by atoms with Crippen LogP contribution in [0.2, 0.25) is 0 Å². The van der Waals surface area contributed by atoms with E-state index >= 15 is 0 Å². The zero-order valence-corrected chi connectivity index (χ0v) is 12.8. The summed E-state index contributed by atoms with van der Waals surface area (Å²) < 4.78 is 23.9. The van der Waals surface area contributed by atoms with Gasteiger partial charge in [0.25, 0.3) is 0 Å². The van der Waals surface area contributed by atoms with Gasteiger partial charge < -0.3 is 10.4 Å². The molecule has 0 radical (unpaired) electrons. The lowest BCUT2D eigenvalue weighted by atomic mass is 10.1. The monoisotopic (exact) mass is 313 g/mol. The first-order valence-corrected chi connectivity index (χ1v) is 8.31. The number of carboxylic acid groups (broad SMARTS) is 1. The van der Waals surface area contributed by atoms with Crippen molar-refractivity contribution in [3.63, 3.8) is 0 Å². The van der Waals surface area contributed by atoms with E-state index in [1.807, 2.05) is 13.8 Å². The molecular formula is C14H19NO5S. The maximum absolute atomic E-state index is 11.9. The van der Waals surface area contributed by atoms with Crippen molar-refractivity contribution in [1.29, 1.82) is 0 Å². The summed E-state index contributed by atoms with van der Waals surface area (Å²) in [5.41, 5.74) is 0.374. The molecule has 0 saturated heterocycles. The van der Waals surface area contributed by atoms with Crippen LogP contribution in [0, 0.1) is 5.92 Å². The van der Waals surface area contributed by atoms with E-state index in [-0.39, 0.29) is 17.2 Å². The molecule has 1 aromatic rings. The van der Waals surface area contributed by atoms with Gasteiger partial charge in [-0.1, -0.05) is 26.0 Å². The minimum Gasteiger partial charge on any atom is -0.478 e. The van der Waals surface area contributed by atoms with Gasteiger partial charge in [-0.25, -0.2) is 13.2 Å². The highest BCUT2D eigenvalue weighted by molar-refractivity contribution is 7.91. The highest BCUT2D eigenvalue weighted by Gasteiger charge is 2.18. The average molecular weight is 313 g/mol. The van der Waals surface area contributed by atoms with Crippen LogP contribution in [0.15, 0.2) is 24.3 Å². The van der Waals surface area contributed by atoms with Crippen LogP contribution in [0.25, 0.3) is 0 Å². The van der Waals surface area contributed by atoms with E-state index in [4.69, 9.17) is 5.11 Å². The lowest BCUT2D eigenvalue weighted by molar-refractivity contribution is -0.118. The van der Waals surface area contributed by atoms with Crippen LogP contribution in [0.5, 0.6) is 0 Å². The van der Waals surface area contributed by atoms with Crippen LogP contribution < -0.4 is 5.32 Å². The predicted octanol–water partition coefficient (Wildman–Crippen LogP) is 1.07. The quantitative estimate of drug-likeness (QED) is 0.784. The van der Waals surface area contributed by atoms with Gasteiger partial charge in [0.1, 0.15) is 5.75 Å². The van der Waals surface area contributed by atoms with E-state index in [0.717, 1.165) is 0 Å². The molecule has 0 unspecified atom stereocenters. The molecule has 7 heteroatoms. The normalized spacial score (nSPS) is 11.4. The summed E-state index contributed by atoms with van der Waals surface area (Å²) in [7, 11) is -3.63. The second-order valence-corrected chi connectivity index (χ2v) is 7.30. The number of hydrogen-bond donors (Lipinski definition) is 2. The number of carbonyl (C=O) groups is 2. The van der Waals surface area contributed by atoms with Crippen molar-refractivity contribution in [2.45, 2.75) is 19.6 Å². The van der Waals surface area contributed by atoms with Crippen LogP contribution in [0.3, 0.4) is 0 Å². The fourth-order valence-electron chi connectivity index (χ4n) is 1.67. The van der Waals surface area contributed by atoms with Crippen molar-refractivity contribution < 1.29 is 23.1 Å². The smallest absolute Gasteiger partial charge is 0.335 e. The van der Waals surface area contributed by atoms with Gasteiger partial charge in [-0.2, -0.15) is 0 Å². The van der Waals surface area contributed by atoms with Crippen LogP contribution >= 0.6 is 0 Å². The first-order chi connectivity index (χ1) is 9.69. The van der Waals surface area contributed by atoms with E-state index in [1.54, 1.807) is 0 Å². The maximum Gasteiger partial charge on any atom is 0.335 e. The zero-order chi connectivity index (χ0) is 16.0. The molecule has 21 heavy (non-hydrogen) atoms.